The van der Waals surface area contributed by atoms with E-state index in [1.807, 2.05) is 0 Å². The minimum Gasteiger partial charge on any atom is -0.194 e. The first kappa shape index (κ1) is 13.2. The third kappa shape index (κ3) is 1.85. The van der Waals surface area contributed by atoms with Crippen molar-refractivity contribution in [3.8, 4) is 0 Å². The molecule has 0 fully saturated rings. The molecule has 84 valence electrons. The predicted octanol–water partition coefficient (Wildman–Crippen LogP) is 3.79. The van der Waals surface area contributed by atoms with E-state index in [0.29, 0.717) is 13.0 Å². The lowest BCUT2D eigenvalue weighted by atomic mass is 10.0. The van der Waals surface area contributed by atoms with Gasteiger partial charge in [-0.25, -0.2) is 0 Å². The molecule has 0 radical (unpaired) electrons. The van der Waals surface area contributed by atoms with Gasteiger partial charge < -0.3 is 0 Å². The van der Waals surface area contributed by atoms with Crippen molar-refractivity contribution in [2.45, 2.75) is 31.9 Å². The van der Waals surface area contributed by atoms with Gasteiger partial charge >= 0.3 is 18.0 Å². The minimum absolute atomic E-state index is 0.514. The van der Waals surface area contributed by atoms with E-state index in [1.54, 1.807) is 0 Å². The van der Waals surface area contributed by atoms with Gasteiger partial charge in [0.1, 0.15) is 0 Å². The predicted molar refractivity (Wildman–Crippen MR) is 35.4 cm³/mol. The summed E-state index contributed by atoms with van der Waals surface area (Å²) in [5.41, 5.74) is -1.32. The molecular formula is C7H7F7. The fraction of sp³-hybridized carbons (Fsp3) is 0.714. The Balaban J connectivity index is 5.29. The van der Waals surface area contributed by atoms with Crippen molar-refractivity contribution >= 4 is 0 Å². The Hall–Kier alpha value is -0.750. The fourth-order valence-corrected chi connectivity index (χ4v) is 0.607. The van der Waals surface area contributed by atoms with Gasteiger partial charge in [-0.05, 0) is 19.4 Å². The molecule has 0 bridgehead atoms. The zero-order valence-corrected chi connectivity index (χ0v) is 7.22. The highest BCUT2D eigenvalue weighted by Crippen LogP contribution is 2.49. The van der Waals surface area contributed by atoms with E-state index in [2.05, 4.69) is 0 Å². The van der Waals surface area contributed by atoms with Crippen LogP contribution in [0.1, 0.15) is 13.8 Å². The number of hydrogen-bond acceptors (Lipinski definition) is 0. The smallest absolute Gasteiger partial charge is 0.194 e. The van der Waals surface area contributed by atoms with Crippen LogP contribution in [0, 0.1) is 0 Å². The van der Waals surface area contributed by atoms with Gasteiger partial charge in [-0.3, -0.25) is 0 Å². The average molecular weight is 224 g/mol. The largest absolute Gasteiger partial charge is 0.460 e. The molecule has 14 heavy (non-hydrogen) atoms. The summed E-state index contributed by atoms with van der Waals surface area (Å²) in [6, 6.07) is 0. The van der Waals surface area contributed by atoms with Crippen LogP contribution in [0.15, 0.2) is 11.6 Å². The lowest BCUT2D eigenvalue weighted by molar-refractivity contribution is -0.344. The maximum atomic E-state index is 12.6. The maximum Gasteiger partial charge on any atom is 0.460 e. The molecule has 7 heteroatoms. The Morgan fingerprint density at radius 1 is 0.929 bits per heavy atom. The van der Waals surface area contributed by atoms with Crippen molar-refractivity contribution in [2.75, 3.05) is 0 Å². The first-order valence-electron chi connectivity index (χ1n) is 3.44. The second-order valence-corrected chi connectivity index (χ2v) is 2.62. The average Bonchev–Trinajstić information content (AvgIpc) is 2.00. The molecule has 0 aromatic carbocycles. The van der Waals surface area contributed by atoms with Crippen molar-refractivity contribution in [3.05, 3.63) is 11.6 Å². The third-order valence-electron chi connectivity index (χ3n) is 1.68. The quantitative estimate of drug-likeness (QED) is 0.494. The van der Waals surface area contributed by atoms with E-state index in [-0.39, 0.29) is 0 Å². The van der Waals surface area contributed by atoms with E-state index in [1.165, 1.54) is 0 Å². The summed E-state index contributed by atoms with van der Waals surface area (Å²) < 4.78 is 84.3. The summed E-state index contributed by atoms with van der Waals surface area (Å²) in [6.45, 7) is 1.47. The highest BCUT2D eigenvalue weighted by Gasteiger charge is 2.73. The first-order valence-corrected chi connectivity index (χ1v) is 3.44. The lowest BCUT2D eigenvalue weighted by Gasteiger charge is -2.28. The molecule has 0 N–H and O–H groups in total. The van der Waals surface area contributed by atoms with Gasteiger partial charge in [-0.2, -0.15) is 30.7 Å². The summed E-state index contributed by atoms with van der Waals surface area (Å²) in [5, 5.41) is 0. The van der Waals surface area contributed by atoms with Gasteiger partial charge in [0.15, 0.2) is 0 Å². The van der Waals surface area contributed by atoms with Crippen molar-refractivity contribution in [3.63, 3.8) is 0 Å². The molecule has 0 saturated carbocycles. The summed E-state index contributed by atoms with van der Waals surface area (Å²) in [4.78, 5) is 0. The Morgan fingerprint density at radius 2 is 1.29 bits per heavy atom. The molecule has 0 unspecified atom stereocenters. The normalized spacial score (nSPS) is 15.9. The Morgan fingerprint density at radius 3 is 1.50 bits per heavy atom. The number of hydrogen-bond donors (Lipinski definition) is 0. The van der Waals surface area contributed by atoms with Gasteiger partial charge in [0.25, 0.3) is 0 Å². The molecule has 0 atom stereocenters. The van der Waals surface area contributed by atoms with E-state index in [0.717, 1.165) is 6.92 Å². The van der Waals surface area contributed by atoms with E-state index in [9.17, 15) is 30.7 Å². The lowest BCUT2D eigenvalue weighted by Crippen LogP contribution is -2.52. The molecule has 0 aliphatic rings. The number of allylic oxidation sites excluding steroid dienone is 2. The molecule has 0 aliphatic carbocycles. The number of halogens is 7. The molecule has 0 aromatic rings. The van der Waals surface area contributed by atoms with E-state index in [4.69, 9.17) is 0 Å². The van der Waals surface area contributed by atoms with Crippen LogP contribution in [-0.2, 0) is 0 Å². The van der Waals surface area contributed by atoms with Crippen molar-refractivity contribution in [1.82, 2.24) is 0 Å². The van der Waals surface area contributed by atoms with Crippen LogP contribution in [0.2, 0.25) is 0 Å². The first-order chi connectivity index (χ1) is 5.98. The van der Waals surface area contributed by atoms with Crippen molar-refractivity contribution in [2.24, 2.45) is 0 Å². The fourth-order valence-electron chi connectivity index (χ4n) is 0.607. The Kier molecular flexibility index (Phi) is 3.25. The second-order valence-electron chi connectivity index (χ2n) is 2.62. The van der Waals surface area contributed by atoms with Gasteiger partial charge in [0, 0.05) is 0 Å². The molecule has 0 saturated heterocycles. The standard InChI is InChI=1S/C7H7F7/c1-3-4(2)5(8,9)6(10,11)7(12,13)14/h3H,1-2H3/b4-3+. The highest BCUT2D eigenvalue weighted by molar-refractivity contribution is 5.15. The SMILES string of the molecule is C/C=C(\C)C(F)(F)C(F)(F)C(F)(F)F. The zero-order valence-electron chi connectivity index (χ0n) is 7.22. The van der Waals surface area contributed by atoms with Crippen LogP contribution in [0.5, 0.6) is 0 Å². The molecule has 0 rings (SSSR count). The van der Waals surface area contributed by atoms with E-state index >= 15 is 0 Å². The second kappa shape index (κ2) is 3.43. The van der Waals surface area contributed by atoms with Crippen molar-refractivity contribution < 1.29 is 30.7 Å². The molecule has 0 aliphatic heterocycles. The summed E-state index contributed by atoms with van der Waals surface area (Å²) in [6.07, 6.45) is -5.75. The third-order valence-corrected chi connectivity index (χ3v) is 1.68. The van der Waals surface area contributed by atoms with Crippen molar-refractivity contribution in [1.29, 1.82) is 0 Å². The zero-order chi connectivity index (χ0) is 11.8. The molecule has 0 aromatic heterocycles. The molecule has 0 heterocycles. The molecule has 0 nitrogen and oxygen atoms in total. The van der Waals surface area contributed by atoms with Crippen LogP contribution in [-0.4, -0.2) is 18.0 Å². The number of alkyl halides is 7. The van der Waals surface area contributed by atoms with Crippen LogP contribution < -0.4 is 0 Å². The number of rotatable bonds is 2. The van der Waals surface area contributed by atoms with Crippen LogP contribution >= 0.6 is 0 Å². The minimum atomic E-state index is -6.26. The monoisotopic (exact) mass is 224 g/mol. The van der Waals surface area contributed by atoms with Crippen LogP contribution in [0.25, 0.3) is 0 Å². The van der Waals surface area contributed by atoms with Gasteiger partial charge in [0.2, 0.25) is 0 Å². The summed E-state index contributed by atoms with van der Waals surface area (Å²) in [5.74, 6) is -11.3. The van der Waals surface area contributed by atoms with E-state index < -0.39 is 23.6 Å². The summed E-state index contributed by atoms with van der Waals surface area (Å²) >= 11 is 0. The maximum absolute atomic E-state index is 12.6. The summed E-state index contributed by atoms with van der Waals surface area (Å²) in [7, 11) is 0. The molecule has 0 amide bonds. The Labute approximate surface area is 75.4 Å². The van der Waals surface area contributed by atoms with Crippen LogP contribution in [0.4, 0.5) is 30.7 Å². The van der Waals surface area contributed by atoms with Gasteiger partial charge in [0.05, 0.1) is 0 Å². The van der Waals surface area contributed by atoms with Gasteiger partial charge in [-0.15, -0.1) is 0 Å². The van der Waals surface area contributed by atoms with Gasteiger partial charge in [-0.1, -0.05) is 6.08 Å². The Bertz CT molecular complexity index is 235. The topological polar surface area (TPSA) is 0 Å². The van der Waals surface area contributed by atoms with Crippen LogP contribution in [0.3, 0.4) is 0 Å². The molecule has 0 spiro atoms. The highest BCUT2D eigenvalue weighted by atomic mass is 19.4. The molecular weight excluding hydrogens is 217 g/mol.